The van der Waals surface area contributed by atoms with Crippen LogP contribution in [0, 0.1) is 5.92 Å². The van der Waals surface area contributed by atoms with E-state index in [0.29, 0.717) is 0 Å². The van der Waals surface area contributed by atoms with Crippen molar-refractivity contribution in [3.05, 3.63) is 16.7 Å². The van der Waals surface area contributed by atoms with Crippen molar-refractivity contribution in [3.63, 3.8) is 0 Å². The zero-order chi connectivity index (χ0) is 29.4. The number of anilines is 1. The fourth-order valence-corrected chi connectivity index (χ4v) is 5.10. The van der Waals surface area contributed by atoms with Crippen molar-refractivity contribution in [1.29, 1.82) is 0 Å². The molecular formula is C20H31N6O13P. The van der Waals surface area contributed by atoms with Gasteiger partial charge in [0.2, 0.25) is 11.9 Å². The molecule has 4 rings (SSSR count). The van der Waals surface area contributed by atoms with Crippen LogP contribution in [0.25, 0.3) is 11.2 Å². The molecule has 0 spiro atoms. The summed E-state index contributed by atoms with van der Waals surface area (Å²) in [5.41, 5.74) is 4.98. The zero-order valence-electron chi connectivity index (χ0n) is 21.0. The Morgan fingerprint density at radius 2 is 1.95 bits per heavy atom. The van der Waals surface area contributed by atoms with Gasteiger partial charge in [-0.3, -0.25) is 23.7 Å². The molecule has 1 amide bonds. The molecule has 19 nitrogen and oxygen atoms in total. The largest absolute Gasteiger partial charge is 0.469 e. The lowest BCUT2D eigenvalue weighted by molar-refractivity contribution is -0.271. The van der Waals surface area contributed by atoms with E-state index >= 15 is 0 Å². The second kappa shape index (κ2) is 12.1. The van der Waals surface area contributed by atoms with E-state index in [2.05, 4.69) is 24.8 Å². The number of nitrogens with zero attached hydrogens (tertiary/aromatic N) is 3. The summed E-state index contributed by atoms with van der Waals surface area (Å²) in [5, 5.41) is 43.6. The number of H-pyrrole nitrogens is 1. The number of hydrogen-bond donors (Lipinski definition) is 9. The second-order valence-electron chi connectivity index (χ2n) is 9.37. The maximum absolute atomic E-state index is 12.2. The Kier molecular flexibility index (Phi) is 9.22. The number of amides is 1. The molecule has 224 valence electrons. The summed E-state index contributed by atoms with van der Waals surface area (Å²) in [6.07, 6.45) is -8.02. The predicted molar refractivity (Wildman–Crippen MR) is 130 cm³/mol. The van der Waals surface area contributed by atoms with Crippen molar-refractivity contribution in [2.45, 2.75) is 62.4 Å². The molecule has 0 bridgehead atoms. The minimum Gasteiger partial charge on any atom is -0.394 e. The van der Waals surface area contributed by atoms with Gasteiger partial charge in [-0.25, -0.2) is 9.55 Å². The van der Waals surface area contributed by atoms with Gasteiger partial charge in [-0.05, 0) is 6.42 Å². The number of imidazole rings is 1. The first-order chi connectivity index (χ1) is 18.8. The number of aromatic nitrogens is 4. The fraction of sp³-hybridized carbons (Fsp3) is 0.700. The van der Waals surface area contributed by atoms with Crippen molar-refractivity contribution < 1.29 is 58.3 Å². The molecule has 0 aliphatic carbocycles. The molecule has 0 radical (unpaired) electrons. The SMILES string of the molecule is CC(=O)N[C@H]1[C@H](OCC[C@@H]2[C@H](O)[C@@H](COP(=O)(O)O)O[C@H]2n2cnc3c(=O)[nH]c(N)nc32)O[C@H](CO)[C@H](O)[C@@H]1O. The van der Waals surface area contributed by atoms with Crippen LogP contribution in [0.3, 0.4) is 0 Å². The van der Waals surface area contributed by atoms with E-state index in [9.17, 15) is 34.6 Å². The van der Waals surface area contributed by atoms with Crippen LogP contribution in [-0.2, 0) is 28.1 Å². The number of carbonyl (C=O) groups excluding carboxylic acids is 1. The number of aromatic amines is 1. The molecule has 2 aliphatic heterocycles. The van der Waals surface area contributed by atoms with Gasteiger partial charge in [-0.2, -0.15) is 4.98 Å². The van der Waals surface area contributed by atoms with Gasteiger partial charge in [0.1, 0.15) is 36.7 Å². The Morgan fingerprint density at radius 1 is 1.23 bits per heavy atom. The number of nitrogen functional groups attached to an aromatic ring is 1. The molecule has 20 heteroatoms. The van der Waals surface area contributed by atoms with E-state index in [-0.39, 0.29) is 30.1 Å². The molecule has 2 saturated heterocycles. The zero-order valence-corrected chi connectivity index (χ0v) is 21.9. The number of aliphatic hydroxyl groups excluding tert-OH is 4. The number of phosphoric ester groups is 1. The highest BCUT2D eigenvalue weighted by atomic mass is 31.2. The molecule has 9 atom stereocenters. The van der Waals surface area contributed by atoms with Gasteiger partial charge in [0.25, 0.3) is 5.56 Å². The van der Waals surface area contributed by atoms with E-state index in [1.165, 1.54) is 17.8 Å². The minimum absolute atomic E-state index is 0.00825. The fourth-order valence-electron chi connectivity index (χ4n) is 4.76. The van der Waals surface area contributed by atoms with Crippen molar-refractivity contribution in [1.82, 2.24) is 24.8 Å². The Labute approximate surface area is 225 Å². The number of rotatable bonds is 10. The molecule has 10 N–H and O–H groups in total. The Bertz CT molecular complexity index is 1300. The van der Waals surface area contributed by atoms with Crippen molar-refractivity contribution in [3.8, 4) is 0 Å². The minimum atomic E-state index is -4.90. The van der Waals surface area contributed by atoms with Crippen LogP contribution in [0.5, 0.6) is 0 Å². The Balaban J connectivity index is 1.56. The number of aliphatic hydroxyl groups is 4. The van der Waals surface area contributed by atoms with Crippen LogP contribution in [0.1, 0.15) is 19.6 Å². The highest BCUT2D eigenvalue weighted by molar-refractivity contribution is 7.46. The molecule has 0 unspecified atom stereocenters. The third-order valence-electron chi connectivity index (χ3n) is 6.62. The summed E-state index contributed by atoms with van der Waals surface area (Å²) in [7, 11) is -4.90. The first kappa shape index (κ1) is 30.4. The van der Waals surface area contributed by atoms with Gasteiger partial charge < -0.3 is 55.5 Å². The second-order valence-corrected chi connectivity index (χ2v) is 10.6. The van der Waals surface area contributed by atoms with Gasteiger partial charge in [0.15, 0.2) is 17.5 Å². The van der Waals surface area contributed by atoms with E-state index in [4.69, 9.17) is 29.7 Å². The lowest BCUT2D eigenvalue weighted by Gasteiger charge is -2.42. The predicted octanol–water partition coefficient (Wildman–Crippen LogP) is -3.96. The number of carbonyl (C=O) groups is 1. The maximum Gasteiger partial charge on any atom is 0.469 e. The third kappa shape index (κ3) is 6.50. The number of ether oxygens (including phenoxy) is 3. The summed E-state index contributed by atoms with van der Waals surface area (Å²) >= 11 is 0. The van der Waals surface area contributed by atoms with Gasteiger partial charge >= 0.3 is 7.82 Å². The quantitative estimate of drug-likeness (QED) is 0.119. The molecule has 0 saturated carbocycles. The first-order valence-electron chi connectivity index (χ1n) is 12.1. The number of hydrogen-bond acceptors (Lipinski definition) is 14. The number of fused-ring (bicyclic) bond motifs is 1. The molecule has 4 heterocycles. The average Bonchev–Trinajstić information content (AvgIpc) is 3.42. The van der Waals surface area contributed by atoms with Crippen molar-refractivity contribution >= 4 is 30.8 Å². The lowest BCUT2D eigenvalue weighted by atomic mass is 9.95. The van der Waals surface area contributed by atoms with Gasteiger partial charge in [0.05, 0.1) is 32.3 Å². The number of phosphoric acid groups is 1. The van der Waals surface area contributed by atoms with E-state index in [1.807, 2.05) is 0 Å². The number of nitrogens with two attached hydrogens (primary N) is 1. The third-order valence-corrected chi connectivity index (χ3v) is 7.10. The lowest BCUT2D eigenvalue weighted by Crippen LogP contribution is -2.64. The molecule has 2 aromatic heterocycles. The summed E-state index contributed by atoms with van der Waals surface area (Å²) in [5.74, 6) is -1.62. The topological polar surface area (TPSA) is 294 Å². The first-order valence-corrected chi connectivity index (χ1v) is 13.6. The van der Waals surface area contributed by atoms with Crippen LogP contribution in [-0.4, -0.2) is 118 Å². The van der Waals surface area contributed by atoms with Gasteiger partial charge in [-0.1, -0.05) is 0 Å². The average molecular weight is 594 g/mol. The van der Waals surface area contributed by atoms with Gasteiger partial charge in [-0.15, -0.1) is 0 Å². The Morgan fingerprint density at radius 3 is 2.60 bits per heavy atom. The highest BCUT2D eigenvalue weighted by Gasteiger charge is 2.48. The van der Waals surface area contributed by atoms with Crippen LogP contribution in [0.2, 0.25) is 0 Å². The summed E-state index contributed by atoms with van der Waals surface area (Å²) in [6.45, 7) is -0.336. The van der Waals surface area contributed by atoms with E-state index in [0.717, 1.165) is 0 Å². The maximum atomic E-state index is 12.2. The summed E-state index contributed by atoms with van der Waals surface area (Å²) < 4.78 is 34.2. The molecule has 2 fully saturated rings. The standard InChI is InChI=1S/C20H31N6O13P/c1-7(28)23-11-15(31)14(30)9(4-27)39-19(11)36-3-2-8-13(29)10(5-37-40(33,34)35)38-18(8)26-6-22-12-16(26)24-20(21)25-17(12)32/h6,8-11,13-15,18-19,27,29-31H,2-5H2,1H3,(H,23,28)(H2,33,34,35)(H3,21,24,25,32)/t8-,9-,10-,11-,13+,14+,15-,18-,19-/m1/s1. The van der Waals surface area contributed by atoms with Crippen LogP contribution in [0.4, 0.5) is 5.95 Å². The molecule has 40 heavy (non-hydrogen) atoms. The normalized spacial score (nSPS) is 32.9. The molecule has 2 aromatic rings. The smallest absolute Gasteiger partial charge is 0.394 e. The van der Waals surface area contributed by atoms with Gasteiger partial charge in [0, 0.05) is 12.8 Å². The van der Waals surface area contributed by atoms with E-state index < -0.39 is 87.5 Å². The molecule has 0 aromatic carbocycles. The van der Waals surface area contributed by atoms with Crippen LogP contribution < -0.4 is 16.6 Å². The number of nitrogens with one attached hydrogen (secondary N) is 2. The summed E-state index contributed by atoms with van der Waals surface area (Å²) in [6, 6.07) is -1.20. The van der Waals surface area contributed by atoms with Crippen molar-refractivity contribution in [2.75, 3.05) is 25.6 Å². The Hall–Kier alpha value is -2.55. The molecule has 2 aliphatic rings. The van der Waals surface area contributed by atoms with E-state index in [1.54, 1.807) is 0 Å². The van der Waals surface area contributed by atoms with Crippen molar-refractivity contribution in [2.24, 2.45) is 5.92 Å². The monoisotopic (exact) mass is 594 g/mol. The van der Waals surface area contributed by atoms with Crippen LogP contribution >= 0.6 is 7.82 Å². The molecular weight excluding hydrogens is 563 g/mol. The summed E-state index contributed by atoms with van der Waals surface area (Å²) in [4.78, 5) is 52.5. The highest BCUT2D eigenvalue weighted by Crippen LogP contribution is 2.42. The van der Waals surface area contributed by atoms with Crippen LogP contribution in [0.15, 0.2) is 11.1 Å².